The molecular weight excluding hydrogens is 610 g/mol. The number of aliphatic hydroxyl groups is 2. The van der Waals surface area contributed by atoms with E-state index in [4.69, 9.17) is 26.3 Å². The Morgan fingerprint density at radius 3 is 2.28 bits per heavy atom. The van der Waals surface area contributed by atoms with E-state index in [2.05, 4.69) is 10.2 Å². The molecule has 3 atom stereocenters. The smallest absolute Gasteiger partial charge is 0.243 e. The van der Waals surface area contributed by atoms with Gasteiger partial charge in [0.15, 0.2) is 6.29 Å². The number of hydrogen-bond donors (Lipinski definition) is 5. The molecule has 3 aromatic rings. The number of nitrogens with one attached hydrogen (secondary N) is 2. The zero-order valence-corrected chi connectivity index (χ0v) is 26.5. The SMILES string of the molecule is O=C(CCCCC(=O)Nc1cccc(C2OC(CN3CCC(O)(c4ccc(Cl)cc4)CC3)CC(c3ccc(CO)cc3)O2)c1)NO. The number of aliphatic hydroxyl groups excluding tert-OH is 1. The fraction of sp³-hybridized carbons (Fsp3) is 0.429. The third-order valence-electron chi connectivity index (χ3n) is 8.77. The number of nitrogens with zero attached hydrogens (tertiary/aromatic N) is 1. The number of unbranched alkanes of at least 4 members (excludes halogenated alkanes) is 1. The number of benzene rings is 3. The highest BCUT2D eigenvalue weighted by molar-refractivity contribution is 6.30. The summed E-state index contributed by atoms with van der Waals surface area (Å²) in [5.41, 5.74) is 4.79. The van der Waals surface area contributed by atoms with Gasteiger partial charge in [0, 0.05) is 55.2 Å². The summed E-state index contributed by atoms with van der Waals surface area (Å²) in [5.74, 6) is -0.642. The highest BCUT2D eigenvalue weighted by Gasteiger charge is 2.37. The summed E-state index contributed by atoms with van der Waals surface area (Å²) in [6, 6.07) is 22.6. The Balaban J connectivity index is 1.25. The summed E-state index contributed by atoms with van der Waals surface area (Å²) in [6.45, 7) is 2.07. The molecule has 3 unspecified atom stereocenters. The van der Waals surface area contributed by atoms with Crippen LogP contribution in [0.3, 0.4) is 0 Å². The molecular formula is C35H42ClN3O7. The van der Waals surface area contributed by atoms with E-state index in [0.29, 0.717) is 62.4 Å². The molecule has 5 rings (SSSR count). The van der Waals surface area contributed by atoms with Crippen molar-refractivity contribution in [2.45, 2.75) is 75.7 Å². The Hall–Kier alpha value is -3.35. The molecule has 3 aromatic carbocycles. The molecule has 2 fully saturated rings. The van der Waals surface area contributed by atoms with Crippen molar-refractivity contribution in [1.29, 1.82) is 0 Å². The molecule has 10 nitrogen and oxygen atoms in total. The molecule has 0 saturated carbocycles. The van der Waals surface area contributed by atoms with Gasteiger partial charge in [-0.25, -0.2) is 5.48 Å². The molecule has 11 heteroatoms. The quantitative estimate of drug-likeness (QED) is 0.100. The zero-order valence-electron chi connectivity index (χ0n) is 25.7. The van der Waals surface area contributed by atoms with Gasteiger partial charge in [0.2, 0.25) is 11.8 Å². The Morgan fingerprint density at radius 2 is 1.61 bits per heavy atom. The van der Waals surface area contributed by atoms with Gasteiger partial charge in [-0.15, -0.1) is 0 Å². The van der Waals surface area contributed by atoms with E-state index in [1.807, 2.05) is 72.8 Å². The van der Waals surface area contributed by atoms with Crippen molar-refractivity contribution in [3.63, 3.8) is 0 Å². The number of rotatable bonds is 12. The van der Waals surface area contributed by atoms with E-state index in [1.165, 1.54) is 0 Å². The average molecular weight is 652 g/mol. The molecule has 0 aromatic heterocycles. The van der Waals surface area contributed by atoms with Crippen LogP contribution in [0.2, 0.25) is 5.02 Å². The third-order valence-corrected chi connectivity index (χ3v) is 9.02. The Labute approximate surface area is 274 Å². The predicted molar refractivity (Wildman–Crippen MR) is 173 cm³/mol. The largest absolute Gasteiger partial charge is 0.392 e. The molecule has 0 spiro atoms. The van der Waals surface area contributed by atoms with Crippen LogP contribution in [0.25, 0.3) is 0 Å². The second kappa shape index (κ2) is 16.0. The van der Waals surface area contributed by atoms with Gasteiger partial charge >= 0.3 is 0 Å². The summed E-state index contributed by atoms with van der Waals surface area (Å²) < 4.78 is 13.0. The van der Waals surface area contributed by atoms with Crippen molar-refractivity contribution < 1.29 is 34.5 Å². The number of halogens is 1. The van der Waals surface area contributed by atoms with E-state index in [0.717, 1.165) is 22.3 Å². The molecule has 2 aliphatic rings. The van der Waals surface area contributed by atoms with Gasteiger partial charge in [-0.2, -0.15) is 0 Å². The van der Waals surface area contributed by atoms with E-state index in [1.54, 1.807) is 5.48 Å². The van der Waals surface area contributed by atoms with E-state index in [9.17, 15) is 19.8 Å². The maximum atomic E-state index is 12.6. The summed E-state index contributed by atoms with van der Waals surface area (Å²) in [4.78, 5) is 26.1. The van der Waals surface area contributed by atoms with Crippen molar-refractivity contribution in [2.75, 3.05) is 25.0 Å². The standard InChI is InChI=1S/C35H42ClN3O7/c36-28-14-12-27(13-15-28)35(43)16-18-39(19-17-35)22-30-21-31(25-10-8-24(23-40)9-11-25)46-34(45-30)26-4-3-5-29(20-26)37-32(41)6-1-2-7-33(42)38-44/h3-5,8-15,20,30-31,34,40,43-44H,1-2,6-7,16-19,21-23H2,(H,37,41)(H,38,42). The van der Waals surface area contributed by atoms with Gasteiger partial charge in [-0.1, -0.05) is 60.1 Å². The van der Waals surface area contributed by atoms with Crippen LogP contribution in [0, 0.1) is 0 Å². The van der Waals surface area contributed by atoms with E-state index < -0.39 is 17.8 Å². The third kappa shape index (κ3) is 9.13. The fourth-order valence-corrected chi connectivity index (χ4v) is 6.21. The predicted octanol–water partition coefficient (Wildman–Crippen LogP) is 5.37. The van der Waals surface area contributed by atoms with Gasteiger partial charge in [0.1, 0.15) is 0 Å². The maximum Gasteiger partial charge on any atom is 0.243 e. The molecule has 2 aliphatic heterocycles. The zero-order chi connectivity index (χ0) is 32.5. The van der Waals surface area contributed by atoms with Crippen LogP contribution in [0.1, 0.15) is 79.6 Å². The average Bonchev–Trinajstić information content (AvgIpc) is 3.08. The lowest BCUT2D eigenvalue weighted by Crippen LogP contribution is -2.46. The molecule has 2 heterocycles. The van der Waals surface area contributed by atoms with E-state index in [-0.39, 0.29) is 37.6 Å². The van der Waals surface area contributed by atoms with Crippen molar-refractivity contribution >= 4 is 29.1 Å². The van der Waals surface area contributed by atoms with Crippen LogP contribution in [0.4, 0.5) is 5.69 Å². The number of anilines is 1. The number of hydroxylamine groups is 1. The molecule has 0 bridgehead atoms. The molecule has 0 aliphatic carbocycles. The number of likely N-dealkylation sites (tertiary alicyclic amines) is 1. The summed E-state index contributed by atoms with van der Waals surface area (Å²) in [5, 5.41) is 33.1. The van der Waals surface area contributed by atoms with Crippen LogP contribution in [-0.4, -0.2) is 57.9 Å². The minimum Gasteiger partial charge on any atom is -0.392 e. The number of hydrogen-bond acceptors (Lipinski definition) is 8. The summed E-state index contributed by atoms with van der Waals surface area (Å²) in [7, 11) is 0. The van der Waals surface area contributed by atoms with Gasteiger partial charge < -0.3 is 29.9 Å². The number of ether oxygens (including phenoxy) is 2. The van der Waals surface area contributed by atoms with Gasteiger partial charge in [-0.05, 0) is 66.6 Å². The monoisotopic (exact) mass is 651 g/mol. The molecule has 5 N–H and O–H groups in total. The number of amides is 2. The van der Waals surface area contributed by atoms with Gasteiger partial charge in [0.05, 0.1) is 24.4 Å². The normalized spacial score (nSPS) is 21.4. The lowest BCUT2D eigenvalue weighted by atomic mass is 9.84. The highest BCUT2D eigenvalue weighted by atomic mass is 35.5. The van der Waals surface area contributed by atoms with Crippen LogP contribution in [-0.2, 0) is 31.3 Å². The molecule has 46 heavy (non-hydrogen) atoms. The minimum atomic E-state index is -0.893. The highest BCUT2D eigenvalue weighted by Crippen LogP contribution is 2.40. The Kier molecular flexibility index (Phi) is 11.8. The van der Waals surface area contributed by atoms with Crippen LogP contribution in [0.15, 0.2) is 72.8 Å². The second-order valence-corrected chi connectivity index (χ2v) is 12.5. The first-order valence-corrected chi connectivity index (χ1v) is 16.2. The van der Waals surface area contributed by atoms with Crippen molar-refractivity contribution in [1.82, 2.24) is 10.4 Å². The number of carbonyl (C=O) groups excluding carboxylic acids is 2. The van der Waals surface area contributed by atoms with Crippen LogP contribution in [0.5, 0.6) is 0 Å². The molecule has 2 amide bonds. The summed E-state index contributed by atoms with van der Waals surface area (Å²) >= 11 is 6.06. The maximum absolute atomic E-state index is 12.6. The lowest BCUT2D eigenvalue weighted by Gasteiger charge is -2.42. The molecule has 246 valence electrons. The Morgan fingerprint density at radius 1 is 0.913 bits per heavy atom. The first-order valence-electron chi connectivity index (χ1n) is 15.8. The van der Waals surface area contributed by atoms with Crippen LogP contribution >= 0.6 is 11.6 Å². The topological polar surface area (TPSA) is 141 Å². The lowest BCUT2D eigenvalue weighted by molar-refractivity contribution is -0.253. The fourth-order valence-electron chi connectivity index (χ4n) is 6.09. The van der Waals surface area contributed by atoms with E-state index >= 15 is 0 Å². The van der Waals surface area contributed by atoms with Gasteiger partial charge in [0.25, 0.3) is 0 Å². The first kappa shape index (κ1) is 34.0. The number of piperidine rings is 1. The molecule has 2 saturated heterocycles. The number of carbonyl (C=O) groups is 2. The van der Waals surface area contributed by atoms with Crippen molar-refractivity contribution in [3.05, 3.63) is 100 Å². The first-order chi connectivity index (χ1) is 22.2. The molecule has 0 radical (unpaired) electrons. The second-order valence-electron chi connectivity index (χ2n) is 12.1. The Bertz CT molecular complexity index is 1450. The van der Waals surface area contributed by atoms with Crippen molar-refractivity contribution in [3.8, 4) is 0 Å². The van der Waals surface area contributed by atoms with Crippen molar-refractivity contribution in [2.24, 2.45) is 0 Å². The van der Waals surface area contributed by atoms with Crippen LogP contribution < -0.4 is 10.8 Å². The minimum absolute atomic E-state index is 0.0337. The van der Waals surface area contributed by atoms with Gasteiger partial charge in [-0.3, -0.25) is 14.8 Å². The summed E-state index contributed by atoms with van der Waals surface area (Å²) in [6.07, 6.45) is 2.16.